The molecule has 0 aromatic heterocycles. The molecular formula is C16H18BFO3. The van der Waals surface area contributed by atoms with E-state index in [-0.39, 0.29) is 17.8 Å². The van der Waals surface area contributed by atoms with Crippen LogP contribution in [0.4, 0.5) is 4.39 Å². The van der Waals surface area contributed by atoms with Gasteiger partial charge in [0.05, 0.1) is 0 Å². The predicted molar refractivity (Wildman–Crippen MR) is 81.1 cm³/mol. The quantitative estimate of drug-likeness (QED) is 0.829. The van der Waals surface area contributed by atoms with E-state index < -0.39 is 12.9 Å². The molecular weight excluding hydrogens is 270 g/mol. The molecule has 0 saturated carbocycles. The molecule has 2 aromatic carbocycles. The maximum atomic E-state index is 13.2. The molecule has 0 heterocycles. The molecule has 0 spiro atoms. The SMILES string of the molecule is CC(C)c1ccc(COc2cc(F)ccc2B(O)O)cc1. The molecule has 2 rings (SSSR count). The first-order chi connectivity index (χ1) is 9.97. The van der Waals surface area contributed by atoms with Crippen molar-refractivity contribution >= 4 is 12.6 Å². The van der Waals surface area contributed by atoms with Gasteiger partial charge in [-0.25, -0.2) is 4.39 Å². The van der Waals surface area contributed by atoms with Crippen LogP contribution in [0.5, 0.6) is 5.75 Å². The lowest BCUT2D eigenvalue weighted by molar-refractivity contribution is 0.305. The topological polar surface area (TPSA) is 49.7 Å². The molecule has 0 atom stereocenters. The van der Waals surface area contributed by atoms with E-state index in [2.05, 4.69) is 13.8 Å². The number of ether oxygens (including phenoxy) is 1. The summed E-state index contributed by atoms with van der Waals surface area (Å²) in [5, 5.41) is 18.5. The van der Waals surface area contributed by atoms with Crippen LogP contribution in [0.3, 0.4) is 0 Å². The van der Waals surface area contributed by atoms with Crippen molar-refractivity contribution in [2.45, 2.75) is 26.4 Å². The highest BCUT2D eigenvalue weighted by atomic mass is 19.1. The fraction of sp³-hybridized carbons (Fsp3) is 0.250. The van der Waals surface area contributed by atoms with Crippen molar-refractivity contribution in [2.24, 2.45) is 0 Å². The number of halogens is 1. The third-order valence-electron chi connectivity index (χ3n) is 3.29. The van der Waals surface area contributed by atoms with Gasteiger partial charge in [0, 0.05) is 11.5 Å². The van der Waals surface area contributed by atoms with Crippen LogP contribution in [0.1, 0.15) is 30.9 Å². The van der Waals surface area contributed by atoms with Crippen molar-refractivity contribution in [3.8, 4) is 5.75 Å². The lowest BCUT2D eigenvalue weighted by Crippen LogP contribution is -2.31. The van der Waals surface area contributed by atoms with Gasteiger partial charge in [0.15, 0.2) is 0 Å². The van der Waals surface area contributed by atoms with E-state index in [4.69, 9.17) is 4.74 Å². The van der Waals surface area contributed by atoms with Crippen LogP contribution in [-0.2, 0) is 6.61 Å². The molecule has 0 aliphatic heterocycles. The van der Waals surface area contributed by atoms with Crippen LogP contribution in [0.2, 0.25) is 0 Å². The van der Waals surface area contributed by atoms with Crippen molar-refractivity contribution < 1.29 is 19.2 Å². The molecule has 21 heavy (non-hydrogen) atoms. The largest absolute Gasteiger partial charge is 0.492 e. The number of hydrogen-bond acceptors (Lipinski definition) is 3. The molecule has 0 amide bonds. The summed E-state index contributed by atoms with van der Waals surface area (Å²) in [6.45, 7) is 4.47. The summed E-state index contributed by atoms with van der Waals surface area (Å²) in [6.07, 6.45) is 0. The third-order valence-corrected chi connectivity index (χ3v) is 3.29. The molecule has 0 fully saturated rings. The van der Waals surface area contributed by atoms with Gasteiger partial charge in [-0.15, -0.1) is 0 Å². The lowest BCUT2D eigenvalue weighted by atomic mass is 9.79. The first-order valence-electron chi connectivity index (χ1n) is 6.84. The first kappa shape index (κ1) is 15.5. The van der Waals surface area contributed by atoms with Gasteiger partial charge in [-0.3, -0.25) is 0 Å². The Labute approximate surface area is 124 Å². The second-order valence-corrected chi connectivity index (χ2v) is 5.24. The summed E-state index contributed by atoms with van der Waals surface area (Å²) in [4.78, 5) is 0. The Kier molecular flexibility index (Phi) is 4.99. The fourth-order valence-corrected chi connectivity index (χ4v) is 2.01. The molecule has 0 aliphatic carbocycles. The molecule has 0 radical (unpaired) electrons. The zero-order chi connectivity index (χ0) is 15.4. The summed E-state index contributed by atoms with van der Waals surface area (Å²) in [7, 11) is -1.69. The van der Waals surface area contributed by atoms with Crippen molar-refractivity contribution in [3.63, 3.8) is 0 Å². The Morgan fingerprint density at radius 3 is 2.33 bits per heavy atom. The number of benzene rings is 2. The van der Waals surface area contributed by atoms with Crippen LogP contribution in [0.15, 0.2) is 42.5 Å². The highest BCUT2D eigenvalue weighted by Crippen LogP contribution is 2.17. The van der Waals surface area contributed by atoms with Gasteiger partial charge in [0.1, 0.15) is 18.2 Å². The lowest BCUT2D eigenvalue weighted by Gasteiger charge is -2.12. The summed E-state index contributed by atoms with van der Waals surface area (Å²) in [5.41, 5.74) is 2.31. The standard InChI is InChI=1S/C16H18BFO3/c1-11(2)13-5-3-12(4-6-13)10-21-16-9-14(18)7-8-15(16)17(19)20/h3-9,11,19-20H,10H2,1-2H3. The molecule has 2 N–H and O–H groups in total. The van der Waals surface area contributed by atoms with Gasteiger partial charge in [-0.1, -0.05) is 44.2 Å². The Hall–Kier alpha value is -1.85. The van der Waals surface area contributed by atoms with Crippen molar-refractivity contribution in [1.29, 1.82) is 0 Å². The van der Waals surface area contributed by atoms with Crippen molar-refractivity contribution in [3.05, 3.63) is 59.4 Å². The van der Waals surface area contributed by atoms with E-state index in [1.165, 1.54) is 17.7 Å². The number of rotatable bonds is 5. The summed E-state index contributed by atoms with van der Waals surface area (Å²) >= 11 is 0. The molecule has 5 heteroatoms. The monoisotopic (exact) mass is 288 g/mol. The highest BCUT2D eigenvalue weighted by molar-refractivity contribution is 6.59. The Morgan fingerprint density at radius 2 is 1.76 bits per heavy atom. The Morgan fingerprint density at radius 1 is 1.10 bits per heavy atom. The Bertz CT molecular complexity index is 597. The van der Waals surface area contributed by atoms with E-state index in [9.17, 15) is 14.4 Å². The fourth-order valence-electron chi connectivity index (χ4n) is 2.01. The van der Waals surface area contributed by atoms with Gasteiger partial charge < -0.3 is 14.8 Å². The molecule has 0 unspecified atom stereocenters. The maximum Gasteiger partial charge on any atom is 0.492 e. The molecule has 0 aliphatic rings. The van der Waals surface area contributed by atoms with Crippen LogP contribution in [-0.4, -0.2) is 17.2 Å². The van der Waals surface area contributed by atoms with E-state index in [0.717, 1.165) is 11.6 Å². The number of hydrogen-bond donors (Lipinski definition) is 2. The smallest absolute Gasteiger partial charge is 0.489 e. The zero-order valence-electron chi connectivity index (χ0n) is 12.1. The zero-order valence-corrected chi connectivity index (χ0v) is 12.1. The minimum atomic E-state index is -1.69. The predicted octanol–water partition coefficient (Wildman–Crippen LogP) is 2.21. The second-order valence-electron chi connectivity index (χ2n) is 5.24. The molecule has 0 saturated heterocycles. The van der Waals surface area contributed by atoms with Gasteiger partial charge in [0.25, 0.3) is 0 Å². The normalized spacial score (nSPS) is 10.8. The molecule has 3 nitrogen and oxygen atoms in total. The van der Waals surface area contributed by atoms with Gasteiger partial charge in [0.2, 0.25) is 0 Å². The van der Waals surface area contributed by atoms with E-state index in [1.54, 1.807) is 0 Å². The van der Waals surface area contributed by atoms with Crippen LogP contribution in [0.25, 0.3) is 0 Å². The molecule has 2 aromatic rings. The average molecular weight is 288 g/mol. The summed E-state index contributed by atoms with van der Waals surface area (Å²) in [5.74, 6) is 0.113. The average Bonchev–Trinajstić information content (AvgIpc) is 2.45. The van der Waals surface area contributed by atoms with Gasteiger partial charge in [-0.05, 0) is 23.1 Å². The third kappa shape index (κ3) is 4.06. The Balaban J connectivity index is 2.10. The summed E-state index contributed by atoms with van der Waals surface area (Å²) < 4.78 is 18.7. The van der Waals surface area contributed by atoms with Crippen molar-refractivity contribution in [2.75, 3.05) is 0 Å². The van der Waals surface area contributed by atoms with E-state index in [0.29, 0.717) is 5.92 Å². The van der Waals surface area contributed by atoms with Crippen LogP contribution >= 0.6 is 0 Å². The minimum Gasteiger partial charge on any atom is -0.489 e. The second kappa shape index (κ2) is 6.74. The maximum absolute atomic E-state index is 13.2. The van der Waals surface area contributed by atoms with Gasteiger partial charge in [-0.2, -0.15) is 0 Å². The minimum absolute atomic E-state index is 0.137. The summed E-state index contributed by atoms with van der Waals surface area (Å²) in [6, 6.07) is 11.6. The molecule has 110 valence electrons. The van der Waals surface area contributed by atoms with Crippen molar-refractivity contribution in [1.82, 2.24) is 0 Å². The molecule has 0 bridgehead atoms. The highest BCUT2D eigenvalue weighted by Gasteiger charge is 2.17. The van der Waals surface area contributed by atoms with E-state index >= 15 is 0 Å². The van der Waals surface area contributed by atoms with Gasteiger partial charge >= 0.3 is 7.12 Å². The van der Waals surface area contributed by atoms with Crippen LogP contribution in [0, 0.1) is 5.82 Å². The first-order valence-corrected chi connectivity index (χ1v) is 6.84. The van der Waals surface area contributed by atoms with E-state index in [1.807, 2.05) is 24.3 Å². The van der Waals surface area contributed by atoms with Crippen LogP contribution < -0.4 is 10.2 Å².